The monoisotopic (exact) mass is 397 g/mol. The maximum absolute atomic E-state index is 12.3. The number of ether oxygens (including phenoxy) is 1. The van der Waals surface area contributed by atoms with Crippen molar-refractivity contribution in [2.75, 3.05) is 5.32 Å². The Morgan fingerprint density at radius 2 is 1.43 bits per heavy atom. The van der Waals surface area contributed by atoms with Gasteiger partial charge in [-0.05, 0) is 52.7 Å². The second-order valence-electron chi connectivity index (χ2n) is 6.83. The first-order valence-corrected chi connectivity index (χ1v) is 9.46. The molecule has 0 aliphatic carbocycles. The first-order valence-electron chi connectivity index (χ1n) is 9.46. The van der Waals surface area contributed by atoms with E-state index < -0.39 is 5.97 Å². The Morgan fingerprint density at radius 3 is 2.20 bits per heavy atom. The van der Waals surface area contributed by atoms with Crippen LogP contribution in [0.1, 0.15) is 15.9 Å². The zero-order valence-corrected chi connectivity index (χ0v) is 16.0. The number of para-hydroxylation sites is 1. The molecule has 1 amide bonds. The Balaban J connectivity index is 1.41. The van der Waals surface area contributed by atoms with E-state index in [1.165, 1.54) is 6.07 Å². The van der Waals surface area contributed by atoms with Crippen molar-refractivity contribution in [3.05, 3.63) is 102 Å². The van der Waals surface area contributed by atoms with Crippen LogP contribution in [-0.2, 0) is 11.2 Å². The third-order valence-electron chi connectivity index (χ3n) is 4.68. The summed E-state index contributed by atoms with van der Waals surface area (Å²) in [7, 11) is 0. The lowest BCUT2D eigenvalue weighted by molar-refractivity contribution is -0.115. The molecule has 0 fully saturated rings. The van der Waals surface area contributed by atoms with Gasteiger partial charge in [0.2, 0.25) is 5.91 Å². The fourth-order valence-corrected chi connectivity index (χ4v) is 3.20. The van der Waals surface area contributed by atoms with Gasteiger partial charge in [-0.15, -0.1) is 0 Å². The van der Waals surface area contributed by atoms with Gasteiger partial charge < -0.3 is 15.2 Å². The topological polar surface area (TPSA) is 75.6 Å². The summed E-state index contributed by atoms with van der Waals surface area (Å²) in [5.41, 5.74) is 1.14. The number of fused-ring (bicyclic) bond motifs is 1. The highest BCUT2D eigenvalue weighted by molar-refractivity contribution is 6.01. The number of amides is 1. The Hall–Kier alpha value is -4.12. The molecule has 5 heteroatoms. The summed E-state index contributed by atoms with van der Waals surface area (Å²) in [6, 6.07) is 27.6. The van der Waals surface area contributed by atoms with Gasteiger partial charge >= 0.3 is 5.97 Å². The number of rotatable bonds is 6. The molecule has 0 saturated heterocycles. The van der Waals surface area contributed by atoms with E-state index in [2.05, 4.69) is 5.32 Å². The van der Waals surface area contributed by atoms with Crippen LogP contribution in [-0.4, -0.2) is 17.0 Å². The molecule has 0 atom stereocenters. The van der Waals surface area contributed by atoms with Crippen molar-refractivity contribution in [1.29, 1.82) is 0 Å². The highest BCUT2D eigenvalue weighted by Crippen LogP contribution is 2.26. The fourth-order valence-electron chi connectivity index (χ4n) is 3.20. The minimum Gasteiger partial charge on any atom is -0.478 e. The molecule has 148 valence electrons. The summed E-state index contributed by atoms with van der Waals surface area (Å²) in [6.45, 7) is 0. The molecule has 30 heavy (non-hydrogen) atoms. The highest BCUT2D eigenvalue weighted by Gasteiger charge is 2.12. The molecule has 0 unspecified atom stereocenters. The van der Waals surface area contributed by atoms with Crippen molar-refractivity contribution in [1.82, 2.24) is 0 Å². The normalized spacial score (nSPS) is 10.5. The second-order valence-corrected chi connectivity index (χ2v) is 6.83. The molecule has 0 radical (unpaired) electrons. The average Bonchev–Trinajstić information content (AvgIpc) is 2.75. The van der Waals surface area contributed by atoms with E-state index in [-0.39, 0.29) is 23.6 Å². The smallest absolute Gasteiger partial charge is 0.337 e. The molecule has 2 N–H and O–H groups in total. The van der Waals surface area contributed by atoms with Crippen LogP contribution in [0.4, 0.5) is 5.69 Å². The molecule has 0 aliphatic heterocycles. The molecule has 0 spiro atoms. The minimum atomic E-state index is -1.08. The highest BCUT2D eigenvalue weighted by atomic mass is 16.5. The van der Waals surface area contributed by atoms with Gasteiger partial charge in [-0.2, -0.15) is 0 Å². The first kappa shape index (κ1) is 19.2. The number of anilines is 1. The number of aromatic carboxylic acids is 1. The van der Waals surface area contributed by atoms with Crippen LogP contribution < -0.4 is 10.1 Å². The van der Waals surface area contributed by atoms with Crippen molar-refractivity contribution in [3.8, 4) is 11.5 Å². The SMILES string of the molecule is O=C(Cc1ccc(Oc2ccc3ccccc3c2)cc1)Nc1ccccc1C(=O)O. The van der Waals surface area contributed by atoms with Crippen LogP contribution >= 0.6 is 0 Å². The zero-order valence-electron chi connectivity index (χ0n) is 16.0. The third-order valence-corrected chi connectivity index (χ3v) is 4.68. The predicted molar refractivity (Wildman–Crippen MR) is 116 cm³/mol. The van der Waals surface area contributed by atoms with E-state index in [0.717, 1.165) is 22.1 Å². The van der Waals surface area contributed by atoms with E-state index in [9.17, 15) is 14.7 Å². The predicted octanol–water partition coefficient (Wildman–Crippen LogP) is 5.51. The Bertz CT molecular complexity index is 1220. The summed E-state index contributed by atoms with van der Waals surface area (Å²) in [6.07, 6.45) is 0.129. The van der Waals surface area contributed by atoms with Crippen molar-refractivity contribution < 1.29 is 19.4 Å². The summed E-state index contributed by atoms with van der Waals surface area (Å²) in [5.74, 6) is 0.0446. The van der Waals surface area contributed by atoms with E-state index in [1.54, 1.807) is 18.2 Å². The van der Waals surface area contributed by atoms with Crippen LogP contribution in [0, 0.1) is 0 Å². The van der Waals surface area contributed by atoms with Crippen molar-refractivity contribution in [2.24, 2.45) is 0 Å². The molecule has 4 rings (SSSR count). The Labute approximate surface area is 173 Å². The molecule has 4 aromatic carbocycles. The van der Waals surface area contributed by atoms with E-state index in [0.29, 0.717) is 5.75 Å². The van der Waals surface area contributed by atoms with Gasteiger partial charge in [0.05, 0.1) is 17.7 Å². The van der Waals surface area contributed by atoms with Gasteiger partial charge in [0.15, 0.2) is 0 Å². The summed E-state index contributed by atoms with van der Waals surface area (Å²) >= 11 is 0. The molecular formula is C25H19NO4. The lowest BCUT2D eigenvalue weighted by atomic mass is 10.1. The number of carbonyl (C=O) groups excluding carboxylic acids is 1. The summed E-state index contributed by atoms with van der Waals surface area (Å²) < 4.78 is 5.92. The van der Waals surface area contributed by atoms with E-state index in [1.807, 2.05) is 66.7 Å². The fraction of sp³-hybridized carbons (Fsp3) is 0.0400. The summed E-state index contributed by atoms with van der Waals surface area (Å²) in [5, 5.41) is 14.1. The standard InChI is InChI=1S/C25H19NO4/c27-24(26-23-8-4-3-7-22(23)25(28)29)15-17-9-12-20(13-10-17)30-21-14-11-18-5-1-2-6-19(18)16-21/h1-14,16H,15H2,(H,26,27)(H,28,29). The van der Waals surface area contributed by atoms with Crippen LogP contribution in [0.5, 0.6) is 11.5 Å². The van der Waals surface area contributed by atoms with E-state index >= 15 is 0 Å². The van der Waals surface area contributed by atoms with Gasteiger partial charge in [-0.3, -0.25) is 4.79 Å². The van der Waals surface area contributed by atoms with E-state index in [4.69, 9.17) is 4.74 Å². The Morgan fingerprint density at radius 1 is 0.767 bits per heavy atom. The molecule has 4 aromatic rings. The lowest BCUT2D eigenvalue weighted by Crippen LogP contribution is -2.16. The van der Waals surface area contributed by atoms with Crippen molar-refractivity contribution in [3.63, 3.8) is 0 Å². The number of hydrogen-bond donors (Lipinski definition) is 2. The quantitative estimate of drug-likeness (QED) is 0.450. The molecule has 5 nitrogen and oxygen atoms in total. The van der Waals surface area contributed by atoms with Crippen molar-refractivity contribution >= 4 is 28.3 Å². The minimum absolute atomic E-state index is 0.0602. The average molecular weight is 397 g/mol. The third kappa shape index (κ3) is 4.47. The maximum atomic E-state index is 12.3. The number of carboxylic acid groups (broad SMARTS) is 1. The van der Waals surface area contributed by atoms with Crippen LogP contribution in [0.25, 0.3) is 10.8 Å². The molecule has 0 saturated carbocycles. The number of carbonyl (C=O) groups is 2. The lowest BCUT2D eigenvalue weighted by Gasteiger charge is -2.10. The number of nitrogens with one attached hydrogen (secondary N) is 1. The summed E-state index contributed by atoms with van der Waals surface area (Å²) in [4.78, 5) is 23.6. The first-order chi connectivity index (χ1) is 14.6. The van der Waals surface area contributed by atoms with Gasteiger partial charge in [-0.25, -0.2) is 4.79 Å². The molecule has 0 heterocycles. The molecule has 0 aromatic heterocycles. The molecular weight excluding hydrogens is 378 g/mol. The van der Waals surface area contributed by atoms with Gasteiger partial charge in [0, 0.05) is 0 Å². The molecule has 0 bridgehead atoms. The second kappa shape index (κ2) is 8.49. The number of benzene rings is 4. The van der Waals surface area contributed by atoms with Crippen LogP contribution in [0.3, 0.4) is 0 Å². The number of carboxylic acids is 1. The largest absolute Gasteiger partial charge is 0.478 e. The van der Waals surface area contributed by atoms with Crippen LogP contribution in [0.2, 0.25) is 0 Å². The Kier molecular flexibility index (Phi) is 5.44. The van der Waals surface area contributed by atoms with Crippen LogP contribution in [0.15, 0.2) is 91.0 Å². The maximum Gasteiger partial charge on any atom is 0.337 e. The number of hydrogen-bond acceptors (Lipinski definition) is 3. The zero-order chi connectivity index (χ0) is 20.9. The molecule has 0 aliphatic rings. The van der Waals surface area contributed by atoms with Gasteiger partial charge in [0.1, 0.15) is 11.5 Å². The van der Waals surface area contributed by atoms with Gasteiger partial charge in [-0.1, -0.05) is 54.6 Å². The van der Waals surface area contributed by atoms with Crippen molar-refractivity contribution in [2.45, 2.75) is 6.42 Å². The van der Waals surface area contributed by atoms with Gasteiger partial charge in [0.25, 0.3) is 0 Å².